The zero-order valence-electron chi connectivity index (χ0n) is 16.8. The molecule has 1 aliphatic heterocycles. The molecule has 31 heavy (non-hydrogen) atoms. The van der Waals surface area contributed by atoms with Crippen LogP contribution in [-0.2, 0) is 15.6 Å². The molecule has 2 aromatic carbocycles. The highest BCUT2D eigenvalue weighted by molar-refractivity contribution is 7.90. The van der Waals surface area contributed by atoms with Crippen LogP contribution in [0.1, 0.15) is 16.9 Å². The van der Waals surface area contributed by atoms with Crippen molar-refractivity contribution >= 4 is 9.84 Å². The molecule has 1 aliphatic rings. The molecule has 0 saturated carbocycles. The van der Waals surface area contributed by atoms with E-state index in [0.29, 0.717) is 39.1 Å². The molecule has 0 fully saturated rings. The Kier molecular flexibility index (Phi) is 4.55. The predicted molar refractivity (Wildman–Crippen MR) is 110 cm³/mol. The van der Waals surface area contributed by atoms with E-state index in [9.17, 15) is 8.42 Å². The topological polar surface area (TPSA) is 105 Å². The van der Waals surface area contributed by atoms with Gasteiger partial charge < -0.3 is 18.4 Å². The minimum Gasteiger partial charge on any atom is -0.455 e. The first-order valence-corrected chi connectivity index (χ1v) is 11.2. The summed E-state index contributed by atoms with van der Waals surface area (Å²) in [5, 5.41) is 3.98. The van der Waals surface area contributed by atoms with Gasteiger partial charge in [-0.3, -0.25) is 0 Å². The van der Waals surface area contributed by atoms with Crippen LogP contribution in [0.2, 0.25) is 0 Å². The molecule has 3 heterocycles. The van der Waals surface area contributed by atoms with Crippen LogP contribution in [0.3, 0.4) is 0 Å². The molecule has 5 rings (SSSR count). The van der Waals surface area contributed by atoms with Crippen LogP contribution in [0.15, 0.2) is 62.4 Å². The molecule has 0 saturated heterocycles. The van der Waals surface area contributed by atoms with Gasteiger partial charge in [-0.1, -0.05) is 22.9 Å². The molecule has 4 aromatic rings. The third kappa shape index (κ3) is 3.68. The molecule has 8 nitrogen and oxygen atoms in total. The van der Waals surface area contributed by atoms with Crippen molar-refractivity contribution in [1.29, 1.82) is 0 Å². The minimum absolute atomic E-state index is 0.155. The Labute approximate surface area is 178 Å². The Hall–Kier alpha value is -3.59. The number of aryl methyl sites for hydroxylation is 2. The Bertz CT molecular complexity index is 1390. The fourth-order valence-electron chi connectivity index (χ4n) is 3.46. The summed E-state index contributed by atoms with van der Waals surface area (Å²) in [4.78, 5) is 4.64. The van der Waals surface area contributed by atoms with Crippen molar-refractivity contribution in [1.82, 2.24) is 10.1 Å². The van der Waals surface area contributed by atoms with Crippen LogP contribution >= 0.6 is 0 Å². The Morgan fingerprint density at radius 1 is 0.968 bits per heavy atom. The predicted octanol–water partition coefficient (Wildman–Crippen LogP) is 4.32. The van der Waals surface area contributed by atoms with E-state index >= 15 is 0 Å². The molecule has 158 valence electrons. The zero-order chi connectivity index (χ0) is 21.6. The lowest BCUT2D eigenvalue weighted by Crippen LogP contribution is -2.06. The van der Waals surface area contributed by atoms with Crippen molar-refractivity contribution in [3.8, 4) is 34.5 Å². The van der Waals surface area contributed by atoms with E-state index in [0.717, 1.165) is 5.56 Å². The minimum atomic E-state index is -3.56. The fraction of sp³-hybridized carbons (Fsp3) is 0.182. The van der Waals surface area contributed by atoms with Gasteiger partial charge in [0.1, 0.15) is 11.5 Å². The van der Waals surface area contributed by atoms with E-state index in [4.69, 9.17) is 18.4 Å². The van der Waals surface area contributed by atoms with Gasteiger partial charge >= 0.3 is 0 Å². The van der Waals surface area contributed by atoms with E-state index in [-0.39, 0.29) is 24.2 Å². The van der Waals surface area contributed by atoms with Gasteiger partial charge in [0.05, 0.1) is 4.90 Å². The van der Waals surface area contributed by atoms with Gasteiger partial charge in [-0.25, -0.2) is 8.42 Å². The summed E-state index contributed by atoms with van der Waals surface area (Å²) in [5.74, 6) is 2.11. The zero-order valence-corrected chi connectivity index (χ0v) is 17.6. The Morgan fingerprint density at radius 2 is 1.81 bits per heavy atom. The van der Waals surface area contributed by atoms with E-state index in [2.05, 4.69) is 10.1 Å². The average Bonchev–Trinajstić information content (AvgIpc) is 3.47. The lowest BCUT2D eigenvalue weighted by atomic mass is 10.2. The Morgan fingerprint density at radius 3 is 2.65 bits per heavy atom. The second-order valence-electron chi connectivity index (χ2n) is 7.29. The van der Waals surface area contributed by atoms with Crippen LogP contribution < -0.4 is 9.47 Å². The number of fused-ring (bicyclic) bond motifs is 1. The number of benzene rings is 2. The number of aromatic nitrogens is 2. The quantitative estimate of drug-likeness (QED) is 0.454. The first-order valence-electron chi connectivity index (χ1n) is 9.52. The first kappa shape index (κ1) is 19.4. The number of rotatable bonds is 5. The van der Waals surface area contributed by atoms with Gasteiger partial charge in [0.2, 0.25) is 12.6 Å². The third-order valence-corrected chi connectivity index (χ3v) is 6.72. The van der Waals surface area contributed by atoms with Crippen molar-refractivity contribution < 1.29 is 26.8 Å². The van der Waals surface area contributed by atoms with E-state index < -0.39 is 9.84 Å². The summed E-state index contributed by atoms with van der Waals surface area (Å²) >= 11 is 0. The maximum absolute atomic E-state index is 12.8. The van der Waals surface area contributed by atoms with Crippen LogP contribution in [0, 0.1) is 13.8 Å². The molecule has 0 atom stereocenters. The second-order valence-corrected chi connectivity index (χ2v) is 9.24. The average molecular weight is 438 g/mol. The van der Waals surface area contributed by atoms with Crippen LogP contribution in [-0.4, -0.2) is 25.4 Å². The van der Waals surface area contributed by atoms with Gasteiger partial charge in [0.25, 0.3) is 5.89 Å². The lowest BCUT2D eigenvalue weighted by Gasteiger charge is -2.07. The van der Waals surface area contributed by atoms with Gasteiger partial charge in [-0.15, -0.1) is 0 Å². The number of hydrogen-bond donors (Lipinski definition) is 0. The largest absolute Gasteiger partial charge is 0.455 e. The standard InChI is InChI=1S/C22H18N2O6S/c1-13-3-8-20(14(2)9-13)31(25,26)11-16-5-7-18(29-16)22-23-21(24-30-22)15-4-6-17-19(10-15)28-12-27-17/h3-10H,11-12H2,1-2H3. The number of ether oxygens (including phenoxy) is 2. The van der Waals surface area contributed by atoms with Crippen LogP contribution in [0.25, 0.3) is 23.0 Å². The van der Waals surface area contributed by atoms with Crippen molar-refractivity contribution in [3.63, 3.8) is 0 Å². The number of hydrogen-bond acceptors (Lipinski definition) is 8. The first-order chi connectivity index (χ1) is 14.9. The van der Waals surface area contributed by atoms with Crippen molar-refractivity contribution in [3.05, 3.63) is 65.4 Å². The Balaban J connectivity index is 1.38. The summed E-state index contributed by atoms with van der Waals surface area (Å²) in [6.45, 7) is 3.88. The van der Waals surface area contributed by atoms with Crippen molar-refractivity contribution in [2.75, 3.05) is 6.79 Å². The monoisotopic (exact) mass is 438 g/mol. The third-order valence-electron chi connectivity index (χ3n) is 4.93. The number of nitrogens with zero attached hydrogens (tertiary/aromatic N) is 2. The van der Waals surface area contributed by atoms with Gasteiger partial charge in [0.15, 0.2) is 27.1 Å². The SMILES string of the molecule is Cc1ccc(S(=O)(=O)Cc2ccc(-c3nc(-c4ccc5c(c4)OCO5)no3)o2)c(C)c1. The normalized spacial score (nSPS) is 13.0. The highest BCUT2D eigenvalue weighted by atomic mass is 32.2. The van der Waals surface area contributed by atoms with E-state index in [1.165, 1.54) is 0 Å². The molecular formula is C22H18N2O6S. The van der Waals surface area contributed by atoms with E-state index in [1.807, 2.05) is 13.0 Å². The molecule has 0 radical (unpaired) electrons. The molecule has 0 unspecified atom stereocenters. The molecular weight excluding hydrogens is 420 g/mol. The van der Waals surface area contributed by atoms with Crippen molar-refractivity contribution in [2.45, 2.75) is 24.5 Å². The number of furan rings is 1. The molecule has 0 bridgehead atoms. The van der Waals surface area contributed by atoms with Crippen LogP contribution in [0.4, 0.5) is 0 Å². The van der Waals surface area contributed by atoms with Gasteiger partial charge in [0, 0.05) is 5.56 Å². The summed E-state index contributed by atoms with van der Waals surface area (Å²) in [6.07, 6.45) is 0. The summed E-state index contributed by atoms with van der Waals surface area (Å²) < 4.78 is 47.3. The molecule has 0 spiro atoms. The maximum Gasteiger partial charge on any atom is 0.293 e. The van der Waals surface area contributed by atoms with Gasteiger partial charge in [-0.2, -0.15) is 4.98 Å². The van der Waals surface area contributed by atoms with Crippen molar-refractivity contribution in [2.24, 2.45) is 0 Å². The fourth-order valence-corrected chi connectivity index (χ4v) is 4.97. The molecule has 0 N–H and O–H groups in total. The molecule has 2 aromatic heterocycles. The highest BCUT2D eigenvalue weighted by Crippen LogP contribution is 2.35. The molecule has 0 amide bonds. The maximum atomic E-state index is 12.8. The summed E-state index contributed by atoms with van der Waals surface area (Å²) in [7, 11) is -3.56. The van der Waals surface area contributed by atoms with E-state index in [1.54, 1.807) is 49.4 Å². The lowest BCUT2D eigenvalue weighted by molar-refractivity contribution is 0.174. The van der Waals surface area contributed by atoms with Crippen LogP contribution in [0.5, 0.6) is 11.5 Å². The smallest absolute Gasteiger partial charge is 0.293 e. The summed E-state index contributed by atoms with van der Waals surface area (Å²) in [6, 6.07) is 13.8. The second kappa shape index (κ2) is 7.28. The van der Waals surface area contributed by atoms with Gasteiger partial charge in [-0.05, 0) is 55.8 Å². The molecule has 0 aliphatic carbocycles. The highest BCUT2D eigenvalue weighted by Gasteiger charge is 2.22. The number of sulfone groups is 1. The summed E-state index contributed by atoms with van der Waals surface area (Å²) in [5.41, 5.74) is 2.41. The molecule has 9 heteroatoms.